The summed E-state index contributed by atoms with van der Waals surface area (Å²) in [4.78, 5) is 13.7. The first-order valence-corrected chi connectivity index (χ1v) is 10.9. The topological polar surface area (TPSA) is 46.5 Å². The van der Waals surface area contributed by atoms with E-state index in [0.29, 0.717) is 32.6 Å². The van der Waals surface area contributed by atoms with Gasteiger partial charge in [-0.2, -0.15) is 0 Å². The van der Waals surface area contributed by atoms with E-state index in [9.17, 15) is 9.90 Å². The van der Waals surface area contributed by atoms with Crippen molar-refractivity contribution in [2.75, 3.05) is 7.11 Å². The summed E-state index contributed by atoms with van der Waals surface area (Å²) in [5.41, 5.74) is 2.37. The zero-order valence-corrected chi connectivity index (χ0v) is 18.7. The molecule has 0 saturated carbocycles. The largest absolute Gasteiger partial charge is 0.504 e. The Hall–Kier alpha value is -2.21. The molecule has 0 fully saturated rings. The quantitative estimate of drug-likeness (QED) is 0.287. The highest BCUT2D eigenvalue weighted by atomic mass is 79.9. The number of hydrogen-bond donors (Lipinski definition) is 1. The Balaban J connectivity index is 1.91. The highest BCUT2D eigenvalue weighted by Crippen LogP contribution is 2.31. The highest BCUT2D eigenvalue weighted by molar-refractivity contribution is 9.10. The number of benzene rings is 3. The monoisotopic (exact) mass is 488 g/mol. The van der Waals surface area contributed by atoms with E-state index in [-0.39, 0.29) is 11.5 Å². The van der Waals surface area contributed by atoms with Gasteiger partial charge in [0.25, 0.3) is 0 Å². The maximum atomic E-state index is 13.1. The summed E-state index contributed by atoms with van der Waals surface area (Å²) < 4.78 is 6.00. The summed E-state index contributed by atoms with van der Waals surface area (Å²) in [6.45, 7) is 0. The Morgan fingerprint density at radius 2 is 1.79 bits per heavy atom. The maximum absolute atomic E-state index is 13.1. The van der Waals surface area contributed by atoms with Gasteiger partial charge in [0.05, 0.1) is 12.0 Å². The van der Waals surface area contributed by atoms with Crippen LogP contribution in [0.5, 0.6) is 11.5 Å². The van der Waals surface area contributed by atoms with Crippen LogP contribution in [0.2, 0.25) is 5.02 Å². The van der Waals surface area contributed by atoms with Crippen LogP contribution in [0.4, 0.5) is 0 Å². The second-order valence-corrected chi connectivity index (χ2v) is 8.56. The summed E-state index contributed by atoms with van der Waals surface area (Å²) in [5, 5.41) is 10.7. The predicted molar refractivity (Wildman–Crippen MR) is 124 cm³/mol. The van der Waals surface area contributed by atoms with Crippen LogP contribution < -0.4 is 4.74 Å². The van der Waals surface area contributed by atoms with E-state index in [1.165, 1.54) is 18.9 Å². The summed E-state index contributed by atoms with van der Waals surface area (Å²) >= 11 is 10.8. The SMILES string of the molecule is COc1ccc(C=C(SCc2ccc(Cl)cc2)C(=O)c2ccc(Br)cc2)cc1O. The van der Waals surface area contributed by atoms with Gasteiger partial charge in [0, 0.05) is 20.8 Å². The van der Waals surface area contributed by atoms with Crippen LogP contribution in [0, 0.1) is 0 Å². The van der Waals surface area contributed by atoms with Crippen molar-refractivity contribution in [3.8, 4) is 11.5 Å². The number of methoxy groups -OCH3 is 1. The Morgan fingerprint density at radius 1 is 1.10 bits per heavy atom. The molecule has 0 bridgehead atoms. The first-order valence-electron chi connectivity index (χ1n) is 8.72. The third-order valence-electron chi connectivity index (χ3n) is 4.14. The van der Waals surface area contributed by atoms with E-state index >= 15 is 0 Å². The van der Waals surface area contributed by atoms with Gasteiger partial charge in [-0.15, -0.1) is 11.8 Å². The van der Waals surface area contributed by atoms with Crippen molar-refractivity contribution in [3.63, 3.8) is 0 Å². The number of ketones is 1. The first kappa shape index (κ1) is 21.5. The lowest BCUT2D eigenvalue weighted by atomic mass is 10.1. The molecule has 0 unspecified atom stereocenters. The summed E-state index contributed by atoms with van der Waals surface area (Å²) in [6, 6.07) is 19.9. The molecule has 3 aromatic rings. The number of carbonyl (C=O) groups is 1. The highest BCUT2D eigenvalue weighted by Gasteiger charge is 2.14. The van der Waals surface area contributed by atoms with Gasteiger partial charge in [0.1, 0.15) is 0 Å². The van der Waals surface area contributed by atoms with Crippen LogP contribution in [0.15, 0.2) is 76.1 Å². The van der Waals surface area contributed by atoms with Gasteiger partial charge in [-0.1, -0.05) is 45.7 Å². The predicted octanol–water partition coefficient (Wildman–Crippen LogP) is 6.97. The van der Waals surface area contributed by atoms with Crippen molar-refractivity contribution in [1.82, 2.24) is 0 Å². The Bertz CT molecular complexity index is 1030. The second-order valence-electron chi connectivity index (χ2n) is 6.19. The van der Waals surface area contributed by atoms with Crippen LogP contribution in [0.25, 0.3) is 6.08 Å². The van der Waals surface area contributed by atoms with E-state index in [2.05, 4.69) is 15.9 Å². The fourth-order valence-electron chi connectivity index (χ4n) is 2.61. The molecule has 0 saturated heterocycles. The maximum Gasteiger partial charge on any atom is 0.199 e. The van der Waals surface area contributed by atoms with Crippen LogP contribution in [0.3, 0.4) is 0 Å². The van der Waals surface area contributed by atoms with Gasteiger partial charge in [-0.3, -0.25) is 4.79 Å². The van der Waals surface area contributed by atoms with Crippen LogP contribution in [0.1, 0.15) is 21.5 Å². The molecule has 0 aliphatic carbocycles. The van der Waals surface area contributed by atoms with E-state index in [4.69, 9.17) is 16.3 Å². The van der Waals surface area contributed by atoms with Crippen LogP contribution >= 0.6 is 39.3 Å². The standard InChI is InChI=1S/C23H18BrClO3S/c1-28-21-11-4-16(12-20(21)26)13-22(23(27)17-5-7-18(24)8-6-17)29-14-15-2-9-19(25)10-3-15/h2-13,26H,14H2,1H3. The molecular weight excluding hydrogens is 472 g/mol. The van der Waals surface area contributed by atoms with Gasteiger partial charge >= 0.3 is 0 Å². The van der Waals surface area contributed by atoms with Crippen molar-refractivity contribution in [3.05, 3.63) is 97.8 Å². The number of Topliss-reactive ketones (excluding diaryl/α,β-unsaturated/α-hetero) is 1. The molecule has 29 heavy (non-hydrogen) atoms. The zero-order chi connectivity index (χ0) is 20.8. The molecule has 0 spiro atoms. The Morgan fingerprint density at radius 3 is 2.41 bits per heavy atom. The lowest BCUT2D eigenvalue weighted by molar-refractivity contribution is 0.104. The van der Waals surface area contributed by atoms with Crippen molar-refractivity contribution < 1.29 is 14.6 Å². The molecule has 0 aliphatic heterocycles. The van der Waals surface area contributed by atoms with Gasteiger partial charge in [-0.05, 0) is 65.7 Å². The van der Waals surface area contributed by atoms with Gasteiger partial charge in [-0.25, -0.2) is 0 Å². The fourth-order valence-corrected chi connectivity index (χ4v) is 3.98. The number of phenols is 1. The number of thioether (sulfide) groups is 1. The number of carbonyl (C=O) groups excluding carboxylic acids is 1. The lowest BCUT2D eigenvalue weighted by Gasteiger charge is -2.09. The number of ether oxygens (including phenoxy) is 1. The molecule has 0 atom stereocenters. The van der Waals surface area contributed by atoms with Gasteiger partial charge in [0.15, 0.2) is 17.3 Å². The van der Waals surface area contributed by atoms with Gasteiger partial charge in [0.2, 0.25) is 0 Å². The minimum absolute atomic E-state index is 0.0272. The smallest absolute Gasteiger partial charge is 0.199 e. The lowest BCUT2D eigenvalue weighted by Crippen LogP contribution is -2.01. The zero-order valence-electron chi connectivity index (χ0n) is 15.6. The number of rotatable bonds is 7. The normalized spacial score (nSPS) is 11.3. The van der Waals surface area contributed by atoms with Crippen LogP contribution in [-0.4, -0.2) is 18.0 Å². The number of phenolic OH excluding ortho intramolecular Hbond substituents is 1. The summed E-state index contributed by atoms with van der Waals surface area (Å²) in [6.07, 6.45) is 1.78. The summed E-state index contributed by atoms with van der Waals surface area (Å²) in [5.74, 6) is 0.954. The number of halogens is 2. The third kappa shape index (κ3) is 5.89. The number of allylic oxidation sites excluding steroid dienone is 1. The minimum atomic E-state index is -0.0771. The average molecular weight is 490 g/mol. The van der Waals surface area contributed by atoms with E-state index in [1.54, 1.807) is 36.4 Å². The molecule has 0 amide bonds. The minimum Gasteiger partial charge on any atom is -0.504 e. The molecule has 148 valence electrons. The Labute approximate surface area is 187 Å². The molecule has 0 aromatic heterocycles. The molecule has 3 aromatic carbocycles. The molecule has 0 heterocycles. The molecule has 3 rings (SSSR count). The van der Waals surface area contributed by atoms with Crippen LogP contribution in [-0.2, 0) is 5.75 Å². The van der Waals surface area contributed by atoms with Gasteiger partial charge < -0.3 is 9.84 Å². The molecule has 1 N–H and O–H groups in total. The van der Waals surface area contributed by atoms with E-state index < -0.39 is 0 Å². The second kappa shape index (κ2) is 10.0. The van der Waals surface area contributed by atoms with E-state index in [1.807, 2.05) is 36.4 Å². The fraction of sp³-hybridized carbons (Fsp3) is 0.0870. The molecule has 0 radical (unpaired) electrons. The van der Waals surface area contributed by atoms with Crippen molar-refractivity contribution in [2.45, 2.75) is 5.75 Å². The van der Waals surface area contributed by atoms with Crippen molar-refractivity contribution in [2.24, 2.45) is 0 Å². The third-order valence-corrected chi connectivity index (χ3v) is 6.01. The first-order chi connectivity index (χ1) is 14.0. The number of hydrogen-bond acceptors (Lipinski definition) is 4. The molecule has 6 heteroatoms. The van der Waals surface area contributed by atoms with E-state index in [0.717, 1.165) is 10.0 Å². The van der Waals surface area contributed by atoms with Crippen molar-refractivity contribution >= 4 is 51.2 Å². The Kier molecular flexibility index (Phi) is 7.42. The molecule has 0 aliphatic rings. The number of aromatic hydroxyl groups is 1. The van der Waals surface area contributed by atoms with Crippen molar-refractivity contribution in [1.29, 1.82) is 0 Å². The average Bonchev–Trinajstić information content (AvgIpc) is 2.72. The summed E-state index contributed by atoms with van der Waals surface area (Å²) in [7, 11) is 1.50. The molecule has 3 nitrogen and oxygen atoms in total. The molecular formula is C23H18BrClO3S.